The van der Waals surface area contributed by atoms with Crippen molar-refractivity contribution in [3.05, 3.63) is 79.6 Å². The Balaban J connectivity index is 1.75. The van der Waals surface area contributed by atoms with Crippen LogP contribution in [0, 0.1) is 13.7 Å². The van der Waals surface area contributed by atoms with E-state index in [-0.39, 0.29) is 11.6 Å². The molecule has 0 spiro atoms. The molecule has 0 saturated carbocycles. The predicted octanol–water partition coefficient (Wildman–Crippen LogP) is 4.23. The predicted molar refractivity (Wildman–Crippen MR) is 112 cm³/mol. The summed E-state index contributed by atoms with van der Waals surface area (Å²) in [6.07, 6.45) is 1.35. The van der Waals surface area contributed by atoms with Crippen molar-refractivity contribution in [2.24, 2.45) is 5.10 Å². The lowest BCUT2D eigenvalue weighted by atomic mass is 10.1. The van der Waals surface area contributed by atoms with Crippen LogP contribution >= 0.6 is 22.6 Å². The van der Waals surface area contributed by atoms with Crippen LogP contribution in [0.15, 0.2) is 64.1 Å². The number of amides is 1. The molecule has 3 rings (SSSR count). The van der Waals surface area contributed by atoms with Gasteiger partial charge in [-0.25, -0.2) is 5.43 Å². The quantitative estimate of drug-likeness (QED) is 0.240. The van der Waals surface area contributed by atoms with Crippen LogP contribution in [-0.4, -0.2) is 24.2 Å². The third kappa shape index (κ3) is 4.55. The van der Waals surface area contributed by atoms with E-state index in [0.717, 1.165) is 3.57 Å². The van der Waals surface area contributed by atoms with Gasteiger partial charge in [0.1, 0.15) is 17.3 Å². The van der Waals surface area contributed by atoms with Crippen molar-refractivity contribution in [2.75, 3.05) is 7.11 Å². The second kappa shape index (κ2) is 8.65. The summed E-state index contributed by atoms with van der Waals surface area (Å²) in [6, 6.07) is 14.6. The third-order valence-electron chi connectivity index (χ3n) is 3.73. The summed E-state index contributed by atoms with van der Waals surface area (Å²) in [5, 5.41) is 14.9. The maximum absolute atomic E-state index is 12.1. The lowest BCUT2D eigenvalue weighted by Crippen LogP contribution is -2.17. The highest BCUT2D eigenvalue weighted by Crippen LogP contribution is 2.34. The lowest BCUT2D eigenvalue weighted by molar-refractivity contribution is -0.384. The molecule has 2 aromatic carbocycles. The molecule has 3 aromatic rings. The zero-order chi connectivity index (χ0) is 20.1. The Labute approximate surface area is 173 Å². The standard InChI is InChI=1S/C19H14IN3O5/c1-27-17-7-5-14(23(25)26)10-16(17)18-8-6-15(28-18)11-21-22-19(24)12-3-2-4-13(20)9-12/h2-11H,1H3,(H,22,24)/b21-11-. The van der Waals surface area contributed by atoms with Crippen LogP contribution in [-0.2, 0) is 0 Å². The molecule has 28 heavy (non-hydrogen) atoms. The molecule has 0 unspecified atom stereocenters. The van der Waals surface area contributed by atoms with E-state index in [4.69, 9.17) is 9.15 Å². The van der Waals surface area contributed by atoms with Gasteiger partial charge in [-0.15, -0.1) is 0 Å². The van der Waals surface area contributed by atoms with Gasteiger partial charge in [0.25, 0.3) is 11.6 Å². The number of benzene rings is 2. The minimum atomic E-state index is -0.492. The van der Waals surface area contributed by atoms with Gasteiger partial charge in [0.2, 0.25) is 0 Å². The molecular weight excluding hydrogens is 477 g/mol. The number of hydrogen-bond donors (Lipinski definition) is 1. The maximum atomic E-state index is 12.1. The van der Waals surface area contributed by atoms with Crippen LogP contribution in [0.4, 0.5) is 5.69 Å². The number of hydrazone groups is 1. The minimum Gasteiger partial charge on any atom is -0.496 e. The maximum Gasteiger partial charge on any atom is 0.271 e. The summed E-state index contributed by atoms with van der Waals surface area (Å²) in [6.45, 7) is 0. The minimum absolute atomic E-state index is 0.0767. The van der Waals surface area contributed by atoms with E-state index in [1.807, 2.05) is 6.07 Å². The molecule has 0 radical (unpaired) electrons. The van der Waals surface area contributed by atoms with Crippen molar-refractivity contribution >= 4 is 40.4 Å². The highest BCUT2D eigenvalue weighted by Gasteiger charge is 2.15. The van der Waals surface area contributed by atoms with Gasteiger partial charge in [-0.1, -0.05) is 6.07 Å². The van der Waals surface area contributed by atoms with Crippen LogP contribution in [0.25, 0.3) is 11.3 Å². The first-order chi connectivity index (χ1) is 13.5. The Morgan fingerprint density at radius 1 is 1.25 bits per heavy atom. The molecule has 0 fully saturated rings. The summed E-state index contributed by atoms with van der Waals surface area (Å²) >= 11 is 2.12. The number of nitro groups is 1. The molecule has 1 aromatic heterocycles. The van der Waals surface area contributed by atoms with Gasteiger partial charge >= 0.3 is 0 Å². The Bertz CT molecular complexity index is 1060. The molecule has 1 amide bonds. The van der Waals surface area contributed by atoms with E-state index in [1.165, 1.54) is 31.5 Å². The SMILES string of the molecule is COc1ccc([N+](=O)[O-])cc1-c1ccc(/C=N\NC(=O)c2cccc(I)c2)o1. The number of furan rings is 1. The molecule has 0 atom stereocenters. The van der Waals surface area contributed by atoms with Crippen molar-refractivity contribution in [1.29, 1.82) is 0 Å². The number of non-ortho nitro benzene ring substituents is 1. The molecule has 0 bridgehead atoms. The number of nitro benzene ring substituents is 1. The number of nitrogens with zero attached hydrogens (tertiary/aromatic N) is 2. The Morgan fingerprint density at radius 3 is 2.79 bits per heavy atom. The van der Waals surface area contributed by atoms with E-state index in [9.17, 15) is 14.9 Å². The zero-order valence-corrected chi connectivity index (χ0v) is 16.7. The van der Waals surface area contributed by atoms with Gasteiger partial charge in [-0.3, -0.25) is 14.9 Å². The highest BCUT2D eigenvalue weighted by atomic mass is 127. The summed E-state index contributed by atoms with van der Waals surface area (Å²) in [4.78, 5) is 22.6. The third-order valence-corrected chi connectivity index (χ3v) is 4.40. The summed E-state index contributed by atoms with van der Waals surface area (Å²) in [5.41, 5.74) is 3.28. The van der Waals surface area contributed by atoms with Crippen LogP contribution in [0.2, 0.25) is 0 Å². The van der Waals surface area contributed by atoms with Crippen molar-refractivity contribution in [2.45, 2.75) is 0 Å². The van der Waals surface area contributed by atoms with Gasteiger partial charge in [0.05, 0.1) is 23.8 Å². The van der Waals surface area contributed by atoms with Crippen molar-refractivity contribution in [3.63, 3.8) is 0 Å². The summed E-state index contributed by atoms with van der Waals surface area (Å²) < 4.78 is 11.8. The molecule has 0 aliphatic heterocycles. The Hall–Kier alpha value is -3.21. The molecule has 0 saturated heterocycles. The number of hydrogen-bond acceptors (Lipinski definition) is 6. The first kappa shape index (κ1) is 19.5. The molecular formula is C19H14IN3O5. The normalized spacial score (nSPS) is 10.8. The summed E-state index contributed by atoms with van der Waals surface area (Å²) in [7, 11) is 1.47. The fourth-order valence-corrected chi connectivity index (χ4v) is 2.96. The number of halogens is 1. The molecule has 0 aliphatic rings. The molecule has 1 heterocycles. The molecule has 0 aliphatic carbocycles. The molecule has 1 N–H and O–H groups in total. The van der Waals surface area contributed by atoms with Crippen LogP contribution in [0.1, 0.15) is 16.1 Å². The number of nitrogens with one attached hydrogen (secondary N) is 1. The average Bonchev–Trinajstić information content (AvgIpc) is 3.16. The van der Waals surface area contributed by atoms with E-state index in [2.05, 4.69) is 33.1 Å². The van der Waals surface area contributed by atoms with Crippen molar-refractivity contribution < 1.29 is 18.9 Å². The van der Waals surface area contributed by atoms with Gasteiger partial charge < -0.3 is 9.15 Å². The monoisotopic (exact) mass is 491 g/mol. The van der Waals surface area contributed by atoms with E-state index in [0.29, 0.717) is 28.4 Å². The van der Waals surface area contributed by atoms with E-state index < -0.39 is 4.92 Å². The fourth-order valence-electron chi connectivity index (χ4n) is 2.42. The molecule has 8 nitrogen and oxygen atoms in total. The van der Waals surface area contributed by atoms with Gasteiger partial charge in [-0.2, -0.15) is 5.10 Å². The lowest BCUT2D eigenvalue weighted by Gasteiger charge is -2.05. The molecule has 142 valence electrons. The van der Waals surface area contributed by atoms with Gasteiger partial charge in [0.15, 0.2) is 0 Å². The van der Waals surface area contributed by atoms with Crippen LogP contribution in [0.3, 0.4) is 0 Å². The van der Waals surface area contributed by atoms with E-state index >= 15 is 0 Å². The number of carbonyl (C=O) groups is 1. The number of carbonyl (C=O) groups excluding carboxylic acids is 1. The fraction of sp³-hybridized carbons (Fsp3) is 0.0526. The van der Waals surface area contributed by atoms with Gasteiger partial charge in [0, 0.05) is 21.3 Å². The second-order valence-electron chi connectivity index (χ2n) is 5.55. The summed E-state index contributed by atoms with van der Waals surface area (Å²) in [5.74, 6) is 0.842. The number of methoxy groups -OCH3 is 1. The van der Waals surface area contributed by atoms with Crippen molar-refractivity contribution in [1.82, 2.24) is 5.43 Å². The highest BCUT2D eigenvalue weighted by molar-refractivity contribution is 14.1. The average molecular weight is 491 g/mol. The smallest absolute Gasteiger partial charge is 0.271 e. The topological polar surface area (TPSA) is 107 Å². The number of ether oxygens (including phenoxy) is 1. The largest absolute Gasteiger partial charge is 0.496 e. The Kier molecular flexibility index (Phi) is 6.04. The molecule has 9 heteroatoms. The van der Waals surface area contributed by atoms with E-state index in [1.54, 1.807) is 30.3 Å². The van der Waals surface area contributed by atoms with Crippen molar-refractivity contribution in [3.8, 4) is 17.1 Å². The van der Waals surface area contributed by atoms with Crippen LogP contribution < -0.4 is 10.2 Å². The van der Waals surface area contributed by atoms with Gasteiger partial charge in [-0.05, 0) is 59.0 Å². The Morgan fingerprint density at radius 2 is 2.07 bits per heavy atom. The first-order valence-corrected chi connectivity index (χ1v) is 9.07. The first-order valence-electron chi connectivity index (χ1n) is 7.99. The van der Waals surface area contributed by atoms with Crippen LogP contribution in [0.5, 0.6) is 5.75 Å². The number of rotatable bonds is 6. The second-order valence-corrected chi connectivity index (χ2v) is 6.80. The zero-order valence-electron chi connectivity index (χ0n) is 14.6.